The number of nitrogens with zero attached hydrogens (tertiary/aromatic N) is 2. The van der Waals surface area contributed by atoms with Gasteiger partial charge in [-0.3, -0.25) is 4.79 Å². The van der Waals surface area contributed by atoms with Crippen LogP contribution in [0.4, 0.5) is 5.82 Å². The van der Waals surface area contributed by atoms with Gasteiger partial charge in [-0.05, 0) is 26.2 Å². The molecule has 2 aliphatic rings. The second-order valence-electron chi connectivity index (χ2n) is 6.05. The monoisotopic (exact) mass is 327 g/mol. The molecule has 0 bridgehead atoms. The van der Waals surface area contributed by atoms with Crippen molar-refractivity contribution in [3.63, 3.8) is 0 Å². The maximum absolute atomic E-state index is 12.3. The maximum atomic E-state index is 12.3. The van der Waals surface area contributed by atoms with Gasteiger partial charge in [0.05, 0.1) is 23.2 Å². The van der Waals surface area contributed by atoms with Crippen LogP contribution >= 0.6 is 0 Å². The summed E-state index contributed by atoms with van der Waals surface area (Å²) in [5.74, 6) is 0.782. The number of rotatable bonds is 3. The lowest BCUT2D eigenvalue weighted by atomic mass is 9.99. The molecule has 2 fully saturated rings. The Labute approximate surface area is 129 Å². The molecular weight excluding hydrogens is 306 g/mol. The molecule has 1 N–H and O–H groups in total. The van der Waals surface area contributed by atoms with Gasteiger partial charge in [0.25, 0.3) is 0 Å². The van der Waals surface area contributed by atoms with Crippen LogP contribution in [-0.2, 0) is 19.4 Å². The third kappa shape index (κ3) is 3.33. The Morgan fingerprint density at radius 3 is 2.73 bits per heavy atom. The number of nitrogens with one attached hydrogen (secondary N) is 1. The molecular formula is C14H21N3O4S. The van der Waals surface area contributed by atoms with Crippen LogP contribution in [0.5, 0.6) is 0 Å². The van der Waals surface area contributed by atoms with Gasteiger partial charge in [0, 0.05) is 25.2 Å². The minimum Gasteiger partial charge on any atom is -0.381 e. The molecule has 0 unspecified atom stereocenters. The van der Waals surface area contributed by atoms with Crippen molar-refractivity contribution in [2.45, 2.75) is 32.2 Å². The summed E-state index contributed by atoms with van der Waals surface area (Å²) in [6, 6.07) is 1.60. The van der Waals surface area contributed by atoms with Crippen molar-refractivity contribution in [3.05, 3.63) is 11.8 Å². The van der Waals surface area contributed by atoms with Crippen molar-refractivity contribution < 1.29 is 17.9 Å². The Bertz CT molecular complexity index is 662. The molecule has 0 saturated carbocycles. The van der Waals surface area contributed by atoms with Gasteiger partial charge in [0.15, 0.2) is 9.84 Å². The standard InChI is InChI=1S/C14H21N3O4S/c1-10-8-13(15-14(18)11-2-5-21-6-3-11)17(16-10)12-4-7-22(19,20)9-12/h8,11-12H,2-7,9H2,1H3,(H,15,18)/t12-/m1/s1. The van der Waals surface area contributed by atoms with E-state index in [9.17, 15) is 13.2 Å². The van der Waals surface area contributed by atoms with E-state index in [2.05, 4.69) is 10.4 Å². The molecule has 0 radical (unpaired) electrons. The van der Waals surface area contributed by atoms with E-state index < -0.39 is 9.84 Å². The molecule has 1 aromatic heterocycles. The normalized spacial score (nSPS) is 25.2. The lowest BCUT2D eigenvalue weighted by Crippen LogP contribution is -2.29. The fraction of sp³-hybridized carbons (Fsp3) is 0.714. The second kappa shape index (κ2) is 6.00. The second-order valence-corrected chi connectivity index (χ2v) is 8.28. The summed E-state index contributed by atoms with van der Waals surface area (Å²) in [6.45, 7) is 3.05. The summed E-state index contributed by atoms with van der Waals surface area (Å²) < 4.78 is 30.3. The largest absolute Gasteiger partial charge is 0.381 e. The van der Waals surface area contributed by atoms with E-state index in [1.807, 2.05) is 6.92 Å². The van der Waals surface area contributed by atoms with Gasteiger partial charge in [-0.1, -0.05) is 0 Å². The number of anilines is 1. The van der Waals surface area contributed by atoms with E-state index >= 15 is 0 Å². The van der Waals surface area contributed by atoms with Crippen LogP contribution in [0.25, 0.3) is 0 Å². The third-order valence-electron chi connectivity index (χ3n) is 4.26. The number of aromatic nitrogens is 2. The molecule has 1 atom stereocenters. The predicted octanol–water partition coefficient (Wildman–Crippen LogP) is 0.916. The number of hydrogen-bond donors (Lipinski definition) is 1. The Kier molecular flexibility index (Phi) is 4.22. The Balaban J connectivity index is 1.75. The first-order valence-electron chi connectivity index (χ1n) is 7.60. The van der Waals surface area contributed by atoms with Gasteiger partial charge in [-0.25, -0.2) is 13.1 Å². The van der Waals surface area contributed by atoms with E-state index in [0.717, 1.165) is 18.5 Å². The molecule has 1 aromatic rings. The number of ether oxygens (including phenoxy) is 1. The molecule has 8 heteroatoms. The Hall–Kier alpha value is -1.41. The number of hydrogen-bond acceptors (Lipinski definition) is 5. The Morgan fingerprint density at radius 1 is 1.36 bits per heavy atom. The lowest BCUT2D eigenvalue weighted by Gasteiger charge is -2.22. The highest BCUT2D eigenvalue weighted by Gasteiger charge is 2.32. The van der Waals surface area contributed by atoms with Gasteiger partial charge in [-0.2, -0.15) is 5.10 Å². The van der Waals surface area contributed by atoms with Crippen molar-refractivity contribution in [2.75, 3.05) is 30.0 Å². The zero-order valence-corrected chi connectivity index (χ0v) is 13.4. The molecule has 2 saturated heterocycles. The number of carbonyl (C=O) groups excluding carboxylic acids is 1. The topological polar surface area (TPSA) is 90.3 Å². The third-order valence-corrected chi connectivity index (χ3v) is 6.01. The van der Waals surface area contributed by atoms with Gasteiger partial charge in [0.1, 0.15) is 5.82 Å². The van der Waals surface area contributed by atoms with E-state index in [-0.39, 0.29) is 29.4 Å². The molecule has 122 valence electrons. The first-order valence-corrected chi connectivity index (χ1v) is 9.42. The van der Waals surface area contributed by atoms with Crippen molar-refractivity contribution in [3.8, 4) is 0 Å². The maximum Gasteiger partial charge on any atom is 0.228 e. The molecule has 1 amide bonds. The minimum atomic E-state index is -2.99. The molecule has 0 spiro atoms. The predicted molar refractivity (Wildman–Crippen MR) is 81.4 cm³/mol. The zero-order chi connectivity index (χ0) is 15.7. The van der Waals surface area contributed by atoms with Crippen LogP contribution in [0.15, 0.2) is 6.07 Å². The van der Waals surface area contributed by atoms with Gasteiger partial charge >= 0.3 is 0 Å². The minimum absolute atomic E-state index is 0.0368. The van der Waals surface area contributed by atoms with Crippen LogP contribution in [-0.4, -0.2) is 48.8 Å². The van der Waals surface area contributed by atoms with Crippen LogP contribution in [0, 0.1) is 12.8 Å². The van der Waals surface area contributed by atoms with Crippen molar-refractivity contribution in [1.82, 2.24) is 9.78 Å². The van der Waals surface area contributed by atoms with E-state index in [4.69, 9.17) is 4.74 Å². The Morgan fingerprint density at radius 2 is 2.09 bits per heavy atom. The van der Waals surface area contributed by atoms with Crippen LogP contribution in [0.3, 0.4) is 0 Å². The molecule has 7 nitrogen and oxygen atoms in total. The fourth-order valence-corrected chi connectivity index (χ4v) is 4.74. The van der Waals surface area contributed by atoms with Gasteiger partial charge in [-0.15, -0.1) is 0 Å². The van der Waals surface area contributed by atoms with Crippen molar-refractivity contribution in [2.24, 2.45) is 5.92 Å². The summed E-state index contributed by atoms with van der Waals surface area (Å²) in [4.78, 5) is 12.3. The highest BCUT2D eigenvalue weighted by atomic mass is 32.2. The smallest absolute Gasteiger partial charge is 0.228 e. The van der Waals surface area contributed by atoms with E-state index in [0.29, 0.717) is 25.5 Å². The lowest BCUT2D eigenvalue weighted by molar-refractivity contribution is -0.122. The molecule has 22 heavy (non-hydrogen) atoms. The number of amides is 1. The van der Waals surface area contributed by atoms with Crippen molar-refractivity contribution in [1.29, 1.82) is 0 Å². The highest BCUT2D eigenvalue weighted by molar-refractivity contribution is 7.91. The van der Waals surface area contributed by atoms with Crippen LogP contribution < -0.4 is 5.32 Å². The molecule has 3 heterocycles. The molecule has 3 rings (SSSR count). The average Bonchev–Trinajstić information content (AvgIpc) is 3.02. The molecule has 0 aliphatic carbocycles. The summed E-state index contributed by atoms with van der Waals surface area (Å²) in [6.07, 6.45) is 1.98. The van der Waals surface area contributed by atoms with E-state index in [1.54, 1.807) is 10.7 Å². The highest BCUT2D eigenvalue weighted by Crippen LogP contribution is 2.27. The SMILES string of the molecule is Cc1cc(NC(=O)C2CCOCC2)n([C@@H]2CCS(=O)(=O)C2)n1. The quantitative estimate of drug-likeness (QED) is 0.891. The van der Waals surface area contributed by atoms with Crippen LogP contribution in [0.2, 0.25) is 0 Å². The fourth-order valence-electron chi connectivity index (χ4n) is 3.04. The zero-order valence-electron chi connectivity index (χ0n) is 12.6. The first kappa shape index (κ1) is 15.5. The number of aryl methyl sites for hydroxylation is 1. The summed E-state index contributed by atoms with van der Waals surface area (Å²) in [5, 5.41) is 7.29. The molecule has 0 aromatic carbocycles. The summed E-state index contributed by atoms with van der Waals surface area (Å²) >= 11 is 0. The van der Waals surface area contributed by atoms with Crippen LogP contribution in [0.1, 0.15) is 31.0 Å². The number of carbonyl (C=O) groups is 1. The van der Waals surface area contributed by atoms with Gasteiger partial charge in [0.2, 0.25) is 5.91 Å². The van der Waals surface area contributed by atoms with Crippen molar-refractivity contribution >= 4 is 21.6 Å². The summed E-state index contributed by atoms with van der Waals surface area (Å²) in [5.41, 5.74) is 0.770. The average molecular weight is 327 g/mol. The first-order chi connectivity index (χ1) is 10.4. The number of sulfone groups is 1. The summed E-state index contributed by atoms with van der Waals surface area (Å²) in [7, 11) is -2.99. The molecule has 2 aliphatic heterocycles. The van der Waals surface area contributed by atoms with Gasteiger partial charge < -0.3 is 10.1 Å². The van der Waals surface area contributed by atoms with E-state index in [1.165, 1.54) is 0 Å².